The number of halogens is 1. The van der Waals surface area contributed by atoms with Gasteiger partial charge in [0.1, 0.15) is 12.0 Å². The summed E-state index contributed by atoms with van der Waals surface area (Å²) in [4.78, 5) is 14.2. The molecule has 2 rings (SSSR count). The van der Waals surface area contributed by atoms with Gasteiger partial charge in [0, 0.05) is 23.5 Å². The van der Waals surface area contributed by atoms with Crippen molar-refractivity contribution in [3.8, 4) is 0 Å². The lowest BCUT2D eigenvalue weighted by molar-refractivity contribution is -0.385. The number of hydrogen-bond acceptors (Lipinski definition) is 5. The highest BCUT2D eigenvalue weighted by atomic mass is 35.5. The molecule has 0 aliphatic heterocycles. The molecule has 0 spiro atoms. The van der Waals surface area contributed by atoms with Crippen LogP contribution in [0.15, 0.2) is 48.7 Å². The van der Waals surface area contributed by atoms with Crippen molar-refractivity contribution in [1.29, 1.82) is 0 Å². The number of anilines is 1. The molecule has 1 aromatic heterocycles. The van der Waals surface area contributed by atoms with Crippen molar-refractivity contribution < 1.29 is 4.92 Å². The van der Waals surface area contributed by atoms with Crippen molar-refractivity contribution >= 4 is 34.9 Å². The van der Waals surface area contributed by atoms with Crippen LogP contribution in [0.2, 0.25) is 0 Å². The van der Waals surface area contributed by atoms with Crippen LogP contribution in [0.25, 0.3) is 0 Å². The second-order valence-corrected chi connectivity index (χ2v) is 5.99. The Bertz CT molecular complexity index is 595. The quantitative estimate of drug-likeness (QED) is 0.449. The van der Waals surface area contributed by atoms with Gasteiger partial charge in [-0.25, -0.2) is 4.98 Å². The van der Waals surface area contributed by atoms with Crippen LogP contribution in [0.4, 0.5) is 11.5 Å². The Morgan fingerprint density at radius 2 is 2.05 bits per heavy atom. The predicted molar refractivity (Wildman–Crippen MR) is 91.6 cm³/mol. The molecular formula is C15H16ClN3O2S. The summed E-state index contributed by atoms with van der Waals surface area (Å²) in [6.07, 6.45) is 1.24. The number of aromatic nitrogens is 1. The summed E-state index contributed by atoms with van der Waals surface area (Å²) >= 11 is 7.75. The minimum Gasteiger partial charge on any atom is -0.365 e. The minimum absolute atomic E-state index is 0.0218. The highest BCUT2D eigenvalue weighted by Crippen LogP contribution is 2.17. The first kappa shape index (κ1) is 16.6. The molecule has 22 heavy (non-hydrogen) atoms. The summed E-state index contributed by atoms with van der Waals surface area (Å²) in [6.45, 7) is 0. The van der Waals surface area contributed by atoms with Crippen LogP contribution in [0, 0.1) is 10.1 Å². The Hall–Kier alpha value is -1.79. The molecule has 0 bridgehead atoms. The highest BCUT2D eigenvalue weighted by Gasteiger charge is 2.10. The fourth-order valence-electron chi connectivity index (χ4n) is 1.81. The van der Waals surface area contributed by atoms with Gasteiger partial charge in [0.15, 0.2) is 0 Å². The van der Waals surface area contributed by atoms with E-state index in [0.29, 0.717) is 11.7 Å². The number of hydrogen-bond donors (Lipinski definition) is 1. The van der Waals surface area contributed by atoms with Crippen LogP contribution in [0.1, 0.15) is 5.56 Å². The summed E-state index contributed by atoms with van der Waals surface area (Å²) in [7, 11) is 0. The zero-order valence-electron chi connectivity index (χ0n) is 11.8. The second-order valence-electron chi connectivity index (χ2n) is 4.66. The summed E-state index contributed by atoms with van der Waals surface area (Å²) in [6, 6.07) is 13.3. The van der Waals surface area contributed by atoms with E-state index in [1.54, 1.807) is 17.8 Å². The van der Waals surface area contributed by atoms with E-state index in [1.165, 1.54) is 17.8 Å². The Morgan fingerprint density at radius 1 is 1.27 bits per heavy atom. The van der Waals surface area contributed by atoms with E-state index in [1.807, 2.05) is 18.2 Å². The second kappa shape index (κ2) is 8.60. The fourth-order valence-corrected chi connectivity index (χ4v) is 3.15. The van der Waals surface area contributed by atoms with Crippen LogP contribution in [0.5, 0.6) is 0 Å². The maximum absolute atomic E-state index is 10.6. The van der Waals surface area contributed by atoms with Gasteiger partial charge in [0.2, 0.25) is 0 Å². The van der Waals surface area contributed by atoms with E-state index in [0.717, 1.165) is 11.5 Å². The molecule has 1 N–H and O–H groups in total. The monoisotopic (exact) mass is 337 g/mol. The van der Waals surface area contributed by atoms with Crippen molar-refractivity contribution in [2.45, 2.75) is 11.8 Å². The first-order valence-electron chi connectivity index (χ1n) is 6.73. The molecule has 1 unspecified atom stereocenters. The van der Waals surface area contributed by atoms with Crippen molar-refractivity contribution in [3.05, 3.63) is 64.3 Å². The molecular weight excluding hydrogens is 322 g/mol. The van der Waals surface area contributed by atoms with Gasteiger partial charge in [-0.3, -0.25) is 10.1 Å². The van der Waals surface area contributed by atoms with E-state index in [4.69, 9.17) is 11.6 Å². The van der Waals surface area contributed by atoms with Crippen molar-refractivity contribution in [1.82, 2.24) is 4.98 Å². The largest absolute Gasteiger partial charge is 0.365 e. The zero-order chi connectivity index (χ0) is 15.8. The third-order valence-corrected chi connectivity index (χ3v) is 4.48. The van der Waals surface area contributed by atoms with Crippen molar-refractivity contribution in [3.63, 3.8) is 0 Å². The van der Waals surface area contributed by atoms with Gasteiger partial charge in [-0.15, -0.1) is 11.6 Å². The molecule has 0 saturated carbocycles. The number of nitrogens with zero attached hydrogens (tertiary/aromatic N) is 2. The first-order chi connectivity index (χ1) is 10.7. The summed E-state index contributed by atoms with van der Waals surface area (Å²) in [5.41, 5.74) is 1.25. The minimum atomic E-state index is -0.467. The Labute approximate surface area is 138 Å². The lowest BCUT2D eigenvalue weighted by Gasteiger charge is -2.16. The molecule has 116 valence electrons. The van der Waals surface area contributed by atoms with E-state index in [9.17, 15) is 10.1 Å². The fraction of sp³-hybridized carbons (Fsp3) is 0.267. The summed E-state index contributed by atoms with van der Waals surface area (Å²) in [5.74, 6) is 2.79. The standard InChI is InChI=1S/C15H16ClN3O2S/c16-8-13(11-22-10-12-4-2-1-3-5-12)18-15-7-6-14(9-17-15)19(20)21/h1-7,9,13H,8,10-11H2,(H,17,18). The van der Waals surface area contributed by atoms with Crippen LogP contribution in [-0.4, -0.2) is 27.6 Å². The topological polar surface area (TPSA) is 68.1 Å². The smallest absolute Gasteiger partial charge is 0.287 e. The Morgan fingerprint density at radius 3 is 2.64 bits per heavy atom. The van der Waals surface area contributed by atoms with Crippen molar-refractivity contribution in [2.75, 3.05) is 16.9 Å². The Kier molecular flexibility index (Phi) is 6.48. The van der Waals surface area contributed by atoms with Crippen LogP contribution in [-0.2, 0) is 5.75 Å². The first-order valence-corrected chi connectivity index (χ1v) is 8.42. The van der Waals surface area contributed by atoms with E-state index >= 15 is 0 Å². The molecule has 0 radical (unpaired) electrons. The van der Waals surface area contributed by atoms with E-state index in [2.05, 4.69) is 22.4 Å². The maximum atomic E-state index is 10.6. The molecule has 0 fully saturated rings. The molecule has 1 heterocycles. The molecule has 7 heteroatoms. The highest BCUT2D eigenvalue weighted by molar-refractivity contribution is 7.98. The molecule has 0 aliphatic rings. The third kappa shape index (κ3) is 5.20. The van der Waals surface area contributed by atoms with Gasteiger partial charge < -0.3 is 5.32 Å². The average molecular weight is 338 g/mol. The van der Waals surface area contributed by atoms with Gasteiger partial charge in [0.25, 0.3) is 5.69 Å². The number of nitro groups is 1. The SMILES string of the molecule is O=[N+]([O-])c1ccc(NC(CCl)CSCc2ccccc2)nc1. The Balaban J connectivity index is 1.82. The van der Waals surface area contributed by atoms with E-state index in [-0.39, 0.29) is 11.7 Å². The summed E-state index contributed by atoms with van der Waals surface area (Å²) in [5, 5.41) is 13.8. The van der Waals surface area contributed by atoms with Crippen molar-refractivity contribution in [2.24, 2.45) is 0 Å². The van der Waals surface area contributed by atoms with Gasteiger partial charge in [-0.05, 0) is 11.6 Å². The number of pyridine rings is 1. The van der Waals surface area contributed by atoms with Gasteiger partial charge in [-0.2, -0.15) is 11.8 Å². The number of nitrogens with one attached hydrogen (secondary N) is 1. The molecule has 1 atom stereocenters. The average Bonchev–Trinajstić information content (AvgIpc) is 2.55. The van der Waals surface area contributed by atoms with Crippen LogP contribution >= 0.6 is 23.4 Å². The zero-order valence-corrected chi connectivity index (χ0v) is 13.4. The van der Waals surface area contributed by atoms with Crippen LogP contribution < -0.4 is 5.32 Å². The lowest BCUT2D eigenvalue weighted by atomic mass is 10.2. The normalized spacial score (nSPS) is 11.9. The van der Waals surface area contributed by atoms with Gasteiger partial charge >= 0.3 is 0 Å². The molecule has 0 amide bonds. The molecule has 0 saturated heterocycles. The lowest BCUT2D eigenvalue weighted by Crippen LogP contribution is -2.24. The molecule has 2 aromatic rings. The number of alkyl halides is 1. The molecule has 0 aliphatic carbocycles. The van der Waals surface area contributed by atoms with E-state index < -0.39 is 4.92 Å². The number of benzene rings is 1. The molecule has 1 aromatic carbocycles. The maximum Gasteiger partial charge on any atom is 0.287 e. The van der Waals surface area contributed by atoms with Gasteiger partial charge in [-0.1, -0.05) is 30.3 Å². The third-order valence-electron chi connectivity index (χ3n) is 2.93. The predicted octanol–water partition coefficient (Wildman–Crippen LogP) is 3.94. The van der Waals surface area contributed by atoms with Crippen LogP contribution in [0.3, 0.4) is 0 Å². The van der Waals surface area contributed by atoms with Gasteiger partial charge in [0.05, 0.1) is 11.0 Å². The number of thioether (sulfide) groups is 1. The number of rotatable bonds is 8. The summed E-state index contributed by atoms with van der Waals surface area (Å²) < 4.78 is 0. The molecule has 5 nitrogen and oxygen atoms in total.